The molecule has 0 radical (unpaired) electrons. The third-order valence-corrected chi connectivity index (χ3v) is 10.3. The predicted octanol–water partition coefficient (Wildman–Crippen LogP) is 5.70. The van der Waals surface area contributed by atoms with Crippen LogP contribution in [0.5, 0.6) is 0 Å². The number of ether oxygens (including phenoxy) is 1. The fourth-order valence-corrected chi connectivity index (χ4v) is 7.93. The van der Waals surface area contributed by atoms with E-state index in [4.69, 9.17) is 13.8 Å². The van der Waals surface area contributed by atoms with Crippen molar-refractivity contribution in [3.05, 3.63) is 0 Å². The first-order chi connectivity index (χ1) is 16.8. The van der Waals surface area contributed by atoms with E-state index in [1.807, 2.05) is 28.1 Å². The summed E-state index contributed by atoms with van der Waals surface area (Å²) in [4.78, 5) is 12.5. The van der Waals surface area contributed by atoms with Gasteiger partial charge in [-0.2, -0.15) is 0 Å². The van der Waals surface area contributed by atoms with Crippen molar-refractivity contribution in [3.8, 4) is 0 Å². The maximum Gasteiger partial charge on any atom is 0.269 e. The van der Waals surface area contributed by atoms with Crippen LogP contribution >= 0.6 is 7.82 Å². The monoisotopic (exact) mass is 557 g/mol. The lowest BCUT2D eigenvalue weighted by atomic mass is 10.0. The molecule has 0 N–H and O–H groups in total. The lowest BCUT2D eigenvalue weighted by Crippen LogP contribution is -2.41. The summed E-state index contributed by atoms with van der Waals surface area (Å²) in [5.74, 6) is -0.657. The number of methoxy groups -OCH3 is 1. The number of likely N-dealkylation sites (N-methyl/N-ethyl adjacent to an activating group) is 1. The lowest BCUT2D eigenvalue weighted by Gasteiger charge is -2.33. The Balaban J connectivity index is 4.86. The number of sulfone groups is 1. The highest BCUT2D eigenvalue weighted by molar-refractivity contribution is 7.92. The molecule has 0 aliphatic rings. The van der Waals surface area contributed by atoms with Crippen molar-refractivity contribution < 1.29 is 36.1 Å². The van der Waals surface area contributed by atoms with Gasteiger partial charge >= 0.3 is 0 Å². The van der Waals surface area contributed by atoms with E-state index >= 15 is 0 Å². The van der Waals surface area contributed by atoms with Crippen LogP contribution in [-0.4, -0.2) is 71.6 Å². The molecule has 218 valence electrons. The van der Waals surface area contributed by atoms with Crippen LogP contribution in [0.1, 0.15) is 104 Å². The summed E-state index contributed by atoms with van der Waals surface area (Å²) in [6.07, 6.45) is 14.0. The zero-order valence-electron chi connectivity index (χ0n) is 24.2. The van der Waals surface area contributed by atoms with Crippen LogP contribution < -0.4 is 4.89 Å². The van der Waals surface area contributed by atoms with E-state index in [-0.39, 0.29) is 13.2 Å². The van der Waals surface area contributed by atoms with Crippen molar-refractivity contribution in [1.82, 2.24) is 0 Å². The minimum absolute atomic E-state index is 0.0671. The van der Waals surface area contributed by atoms with Gasteiger partial charge in [0.15, 0.2) is 15.3 Å². The van der Waals surface area contributed by atoms with Crippen LogP contribution in [0.25, 0.3) is 0 Å². The van der Waals surface area contributed by atoms with E-state index in [9.17, 15) is 17.9 Å². The fraction of sp³-hybridized carbons (Fsp3) is 1.00. The minimum Gasteiger partial charge on any atom is -0.756 e. The lowest BCUT2D eigenvalue weighted by molar-refractivity contribution is -0.870. The molecule has 36 heavy (non-hydrogen) atoms. The van der Waals surface area contributed by atoms with E-state index < -0.39 is 34.3 Å². The van der Waals surface area contributed by atoms with Gasteiger partial charge in [0.2, 0.25) is 0 Å². The van der Waals surface area contributed by atoms with Crippen molar-refractivity contribution in [2.24, 2.45) is 5.92 Å². The van der Waals surface area contributed by atoms with Gasteiger partial charge in [0.05, 0.1) is 33.0 Å². The third-order valence-electron chi connectivity index (χ3n) is 6.51. The zero-order valence-corrected chi connectivity index (χ0v) is 25.9. The highest BCUT2D eigenvalue weighted by Gasteiger charge is 2.40. The van der Waals surface area contributed by atoms with E-state index in [0.717, 1.165) is 19.3 Å². The Morgan fingerprint density at radius 1 is 0.889 bits per heavy atom. The molecule has 0 aliphatic carbocycles. The average molecular weight is 558 g/mol. The molecule has 0 saturated carbocycles. The van der Waals surface area contributed by atoms with E-state index in [1.165, 1.54) is 58.5 Å². The van der Waals surface area contributed by atoms with Crippen LogP contribution in [0, 0.1) is 5.92 Å². The Morgan fingerprint density at radius 3 is 1.83 bits per heavy atom. The van der Waals surface area contributed by atoms with Gasteiger partial charge in [-0.25, -0.2) is 8.42 Å². The van der Waals surface area contributed by atoms with Gasteiger partial charge in [0.1, 0.15) is 13.2 Å². The number of hydrogen-bond acceptors (Lipinski definition) is 7. The Bertz CT molecular complexity index is 697. The molecule has 0 aliphatic heterocycles. The molecule has 0 rings (SSSR count). The molecular weight excluding hydrogens is 501 g/mol. The molecule has 0 saturated heterocycles. The first-order valence-electron chi connectivity index (χ1n) is 14.0. The summed E-state index contributed by atoms with van der Waals surface area (Å²) in [5.41, 5.74) is -1.53. The Morgan fingerprint density at radius 2 is 1.39 bits per heavy atom. The normalized spacial score (nSPS) is 17.0. The smallest absolute Gasteiger partial charge is 0.269 e. The Kier molecular flexibility index (Phi) is 19.1. The standard InChI is InChI=1S/C26H56NO7PS/c1-8-10-11-12-13-14-15-16-17-18-19-20-25(9-2)36(30,31)26(24(3)23-32-7)34-35(28,29)33-22-21-27(4,5)6/h24-26H,8-23H2,1-7H3. The van der Waals surface area contributed by atoms with Crippen LogP contribution in [0.3, 0.4) is 0 Å². The maximum atomic E-state index is 13.5. The molecule has 8 nitrogen and oxygen atoms in total. The second kappa shape index (κ2) is 19.1. The Labute approximate surface area is 222 Å². The van der Waals surface area contributed by atoms with E-state index in [2.05, 4.69) is 6.92 Å². The second-order valence-electron chi connectivity index (χ2n) is 11.1. The summed E-state index contributed by atoms with van der Waals surface area (Å²) in [6.45, 7) is 6.12. The quantitative estimate of drug-likeness (QED) is 0.0852. The molecule has 0 fully saturated rings. The average Bonchev–Trinajstić information content (AvgIpc) is 2.77. The van der Waals surface area contributed by atoms with E-state index in [0.29, 0.717) is 23.9 Å². The molecule has 0 amide bonds. The number of phosphoric ester groups is 1. The second-order valence-corrected chi connectivity index (χ2v) is 14.8. The zero-order chi connectivity index (χ0) is 27.7. The van der Waals surface area contributed by atoms with Crippen LogP contribution in [0.2, 0.25) is 0 Å². The van der Waals surface area contributed by atoms with Gasteiger partial charge in [-0.15, -0.1) is 0 Å². The largest absolute Gasteiger partial charge is 0.756 e. The van der Waals surface area contributed by atoms with Crippen LogP contribution in [0.4, 0.5) is 0 Å². The molecule has 0 bridgehead atoms. The van der Waals surface area contributed by atoms with Gasteiger partial charge in [0.25, 0.3) is 7.82 Å². The third kappa shape index (κ3) is 16.7. The van der Waals surface area contributed by atoms with Crippen LogP contribution in [-0.2, 0) is 28.2 Å². The van der Waals surface area contributed by atoms with Crippen molar-refractivity contribution in [2.45, 2.75) is 115 Å². The van der Waals surface area contributed by atoms with Crippen LogP contribution in [0.15, 0.2) is 0 Å². The van der Waals surface area contributed by atoms with Gasteiger partial charge < -0.3 is 18.6 Å². The molecule has 4 atom stereocenters. The molecule has 0 spiro atoms. The first kappa shape index (κ1) is 36.0. The highest BCUT2D eigenvalue weighted by atomic mass is 32.2. The van der Waals surface area contributed by atoms with Crippen molar-refractivity contribution in [2.75, 3.05) is 48.0 Å². The molecule has 0 aromatic carbocycles. The summed E-state index contributed by atoms with van der Waals surface area (Å²) < 4.78 is 55.4. The molecule has 0 heterocycles. The number of hydrogen-bond donors (Lipinski definition) is 0. The highest BCUT2D eigenvalue weighted by Crippen LogP contribution is 2.43. The first-order valence-corrected chi connectivity index (χ1v) is 17.0. The van der Waals surface area contributed by atoms with Gasteiger partial charge in [-0.05, 0) is 12.8 Å². The SMILES string of the molecule is CCCCCCCCCCCCCC(CC)S(=O)(=O)C(OP(=O)([O-])OCC[N+](C)(C)C)C(C)COC. The summed E-state index contributed by atoms with van der Waals surface area (Å²) in [5, 5.41) is -0.661. The summed E-state index contributed by atoms with van der Waals surface area (Å²) in [7, 11) is -1.51. The fourth-order valence-electron chi connectivity index (χ4n) is 4.24. The molecule has 0 aromatic heterocycles. The van der Waals surface area contributed by atoms with Gasteiger partial charge in [-0.3, -0.25) is 9.09 Å². The van der Waals surface area contributed by atoms with Crippen molar-refractivity contribution in [3.63, 3.8) is 0 Å². The topological polar surface area (TPSA) is 102 Å². The number of phosphoric acid groups is 1. The molecule has 0 aromatic rings. The predicted molar refractivity (Wildman–Crippen MR) is 146 cm³/mol. The molecule has 10 heteroatoms. The molecular formula is C26H56NO7PS. The van der Waals surface area contributed by atoms with Crippen molar-refractivity contribution >= 4 is 17.7 Å². The van der Waals surface area contributed by atoms with Gasteiger partial charge in [0, 0.05) is 13.0 Å². The van der Waals surface area contributed by atoms with E-state index in [1.54, 1.807) is 6.92 Å². The molecule has 4 unspecified atom stereocenters. The summed E-state index contributed by atoms with van der Waals surface area (Å²) in [6, 6.07) is 0. The van der Waals surface area contributed by atoms with Crippen molar-refractivity contribution in [1.29, 1.82) is 0 Å². The maximum absolute atomic E-state index is 13.5. The number of rotatable bonds is 24. The number of nitrogens with zero attached hydrogens (tertiary/aromatic N) is 1. The Hall–Kier alpha value is -0.0200. The number of unbranched alkanes of at least 4 members (excludes halogenated alkanes) is 10. The number of quaternary nitrogens is 1. The summed E-state index contributed by atoms with van der Waals surface area (Å²) >= 11 is 0. The minimum atomic E-state index is -4.81. The van der Waals surface area contributed by atoms with Gasteiger partial charge in [-0.1, -0.05) is 91.4 Å².